The van der Waals surface area contributed by atoms with Gasteiger partial charge >= 0.3 is 0 Å². The second-order valence-electron chi connectivity index (χ2n) is 5.32. The van der Waals surface area contributed by atoms with Gasteiger partial charge in [-0.2, -0.15) is 0 Å². The average Bonchev–Trinajstić information content (AvgIpc) is 3.20. The van der Waals surface area contributed by atoms with E-state index in [0.717, 1.165) is 10.4 Å². The van der Waals surface area contributed by atoms with Crippen LogP contribution in [0.25, 0.3) is 10.8 Å². The number of halogens is 1. The lowest BCUT2D eigenvalue weighted by atomic mass is 10.2. The van der Waals surface area contributed by atoms with Crippen LogP contribution >= 0.6 is 11.3 Å². The van der Waals surface area contributed by atoms with Gasteiger partial charge in [0.15, 0.2) is 0 Å². The number of thiophene rings is 1. The highest BCUT2D eigenvalue weighted by molar-refractivity contribution is 7.15. The largest absolute Gasteiger partial charge is 0.420 e. The molecule has 2 heterocycles. The van der Waals surface area contributed by atoms with Gasteiger partial charge in [-0.05, 0) is 36.8 Å². The minimum atomic E-state index is -0.316. The zero-order valence-corrected chi connectivity index (χ0v) is 13.9. The second kappa shape index (κ2) is 7.35. The molecule has 124 valence electrons. The first-order valence-corrected chi connectivity index (χ1v) is 8.32. The number of amides is 1. The molecule has 0 radical (unpaired) electrons. The molecule has 1 amide bonds. The van der Waals surface area contributed by atoms with E-state index in [2.05, 4.69) is 15.5 Å². The van der Waals surface area contributed by atoms with Gasteiger partial charge in [0.05, 0.1) is 4.88 Å². The quantitative estimate of drug-likeness (QED) is 0.742. The number of aromatic nitrogens is 2. The summed E-state index contributed by atoms with van der Waals surface area (Å²) in [5, 5.41) is 10.7. The van der Waals surface area contributed by atoms with Crippen molar-refractivity contribution in [3.05, 3.63) is 58.5 Å². The molecule has 24 heavy (non-hydrogen) atoms. The van der Waals surface area contributed by atoms with Crippen LogP contribution in [-0.2, 0) is 17.8 Å². The maximum Gasteiger partial charge on any atom is 0.257 e. The van der Waals surface area contributed by atoms with Crippen molar-refractivity contribution >= 4 is 17.2 Å². The molecule has 0 saturated carbocycles. The summed E-state index contributed by atoms with van der Waals surface area (Å²) in [5.41, 5.74) is 0.719. The number of hydrogen-bond donors (Lipinski definition) is 1. The lowest BCUT2D eigenvalue weighted by Gasteiger charge is -2.04. The van der Waals surface area contributed by atoms with Gasteiger partial charge in [0.1, 0.15) is 5.82 Å². The summed E-state index contributed by atoms with van der Waals surface area (Å²) in [4.78, 5) is 13.9. The van der Waals surface area contributed by atoms with Gasteiger partial charge in [-0.1, -0.05) is 12.1 Å². The summed E-state index contributed by atoms with van der Waals surface area (Å²) >= 11 is 1.58. The van der Waals surface area contributed by atoms with Crippen LogP contribution in [0, 0.1) is 12.7 Å². The highest BCUT2D eigenvalue weighted by atomic mass is 32.1. The van der Waals surface area contributed by atoms with Crippen molar-refractivity contribution in [2.45, 2.75) is 26.3 Å². The van der Waals surface area contributed by atoms with E-state index in [-0.39, 0.29) is 18.1 Å². The Hall–Kier alpha value is -2.54. The van der Waals surface area contributed by atoms with Gasteiger partial charge in [0.25, 0.3) is 5.89 Å². The maximum absolute atomic E-state index is 13.1. The van der Waals surface area contributed by atoms with Crippen molar-refractivity contribution < 1.29 is 13.6 Å². The molecule has 3 aromatic rings. The molecule has 0 bridgehead atoms. The van der Waals surface area contributed by atoms with E-state index in [9.17, 15) is 9.18 Å². The molecule has 0 aliphatic rings. The highest BCUT2D eigenvalue weighted by Gasteiger charge is 2.12. The van der Waals surface area contributed by atoms with E-state index in [1.54, 1.807) is 23.5 Å². The predicted octanol–water partition coefficient (Wildman–Crippen LogP) is 3.49. The lowest BCUT2D eigenvalue weighted by Crippen LogP contribution is -2.23. The summed E-state index contributed by atoms with van der Waals surface area (Å²) in [7, 11) is 0. The van der Waals surface area contributed by atoms with Crippen molar-refractivity contribution in [1.29, 1.82) is 0 Å². The van der Waals surface area contributed by atoms with Crippen molar-refractivity contribution in [3.63, 3.8) is 0 Å². The van der Waals surface area contributed by atoms with E-state index in [0.29, 0.717) is 24.7 Å². The molecule has 0 aliphatic carbocycles. The molecule has 1 aromatic carbocycles. The summed E-state index contributed by atoms with van der Waals surface area (Å²) < 4.78 is 18.6. The number of aryl methyl sites for hydroxylation is 2. The molecule has 0 unspecified atom stereocenters. The minimum Gasteiger partial charge on any atom is -0.420 e. The first-order valence-electron chi connectivity index (χ1n) is 7.50. The van der Waals surface area contributed by atoms with Gasteiger partial charge in [-0.3, -0.25) is 4.79 Å². The van der Waals surface area contributed by atoms with Crippen molar-refractivity contribution in [2.24, 2.45) is 0 Å². The molecule has 0 fully saturated rings. The van der Waals surface area contributed by atoms with E-state index >= 15 is 0 Å². The van der Waals surface area contributed by atoms with Crippen LogP contribution in [0.3, 0.4) is 0 Å². The fourth-order valence-corrected chi connectivity index (χ4v) is 2.95. The Labute approximate surface area is 142 Å². The number of benzene rings is 1. The highest BCUT2D eigenvalue weighted by Crippen LogP contribution is 2.26. The Bertz CT molecular complexity index is 844. The van der Waals surface area contributed by atoms with E-state index in [1.807, 2.05) is 19.1 Å². The smallest absolute Gasteiger partial charge is 0.257 e. The number of carbonyl (C=O) groups excluding carboxylic acids is 1. The Balaban J connectivity index is 1.49. The monoisotopic (exact) mass is 345 g/mol. The summed E-state index contributed by atoms with van der Waals surface area (Å²) in [6.45, 7) is 2.30. The van der Waals surface area contributed by atoms with Crippen molar-refractivity contribution in [1.82, 2.24) is 15.5 Å². The first kappa shape index (κ1) is 16.3. The van der Waals surface area contributed by atoms with Gasteiger partial charge in [0, 0.05) is 24.3 Å². The topological polar surface area (TPSA) is 68.0 Å². The number of nitrogens with one attached hydrogen (secondary N) is 1. The van der Waals surface area contributed by atoms with Crippen LogP contribution in [0.4, 0.5) is 4.39 Å². The molecule has 0 aliphatic heterocycles. The number of carbonyl (C=O) groups is 1. The van der Waals surface area contributed by atoms with Crippen LogP contribution in [0.1, 0.15) is 22.8 Å². The molecule has 0 atom stereocenters. The van der Waals surface area contributed by atoms with Crippen LogP contribution in [-0.4, -0.2) is 16.1 Å². The standard InChI is InChI=1S/C17H16FN3O2S/c1-11-5-6-14(24-11)17-21-20-16(23-17)8-7-15(22)19-10-12-3-2-4-13(18)9-12/h2-6,9H,7-8,10H2,1H3,(H,19,22). The number of nitrogens with zero attached hydrogens (tertiary/aromatic N) is 2. The summed E-state index contributed by atoms with van der Waals surface area (Å²) in [6, 6.07) is 10.1. The van der Waals surface area contributed by atoms with E-state index < -0.39 is 0 Å². The molecule has 0 saturated heterocycles. The van der Waals surface area contributed by atoms with Crippen LogP contribution in [0.2, 0.25) is 0 Å². The van der Waals surface area contributed by atoms with Crippen LogP contribution in [0.5, 0.6) is 0 Å². The third-order valence-electron chi connectivity index (χ3n) is 3.36. The molecule has 3 rings (SSSR count). The molecular weight excluding hydrogens is 329 g/mol. The first-order chi connectivity index (χ1) is 11.6. The zero-order chi connectivity index (χ0) is 16.9. The predicted molar refractivity (Wildman–Crippen MR) is 88.9 cm³/mol. The molecule has 1 N–H and O–H groups in total. The molecule has 0 spiro atoms. The maximum atomic E-state index is 13.1. The fourth-order valence-electron chi connectivity index (χ4n) is 2.16. The normalized spacial score (nSPS) is 10.8. The SMILES string of the molecule is Cc1ccc(-c2nnc(CCC(=O)NCc3cccc(F)c3)o2)s1. The number of hydrogen-bond acceptors (Lipinski definition) is 5. The zero-order valence-electron chi connectivity index (χ0n) is 13.1. The second-order valence-corrected chi connectivity index (χ2v) is 6.61. The average molecular weight is 345 g/mol. The Morgan fingerprint density at radius 1 is 1.29 bits per heavy atom. The Morgan fingerprint density at radius 2 is 2.17 bits per heavy atom. The summed E-state index contributed by atoms with van der Waals surface area (Å²) in [6.07, 6.45) is 0.604. The van der Waals surface area contributed by atoms with Gasteiger partial charge in [0.2, 0.25) is 11.8 Å². The third-order valence-corrected chi connectivity index (χ3v) is 4.35. The van der Waals surface area contributed by atoms with Crippen LogP contribution < -0.4 is 5.32 Å². The molecule has 2 aromatic heterocycles. The van der Waals surface area contributed by atoms with Gasteiger partial charge in [-0.15, -0.1) is 21.5 Å². The summed E-state index contributed by atoms with van der Waals surface area (Å²) in [5.74, 6) is 0.440. The van der Waals surface area contributed by atoms with Gasteiger partial charge in [-0.25, -0.2) is 4.39 Å². The molecular formula is C17H16FN3O2S. The molecule has 7 heteroatoms. The molecule has 5 nitrogen and oxygen atoms in total. The van der Waals surface area contributed by atoms with Gasteiger partial charge < -0.3 is 9.73 Å². The van der Waals surface area contributed by atoms with Crippen molar-refractivity contribution in [3.8, 4) is 10.8 Å². The fraction of sp³-hybridized carbons (Fsp3) is 0.235. The third kappa shape index (κ3) is 4.26. The Morgan fingerprint density at radius 3 is 2.92 bits per heavy atom. The van der Waals surface area contributed by atoms with E-state index in [1.165, 1.54) is 17.0 Å². The van der Waals surface area contributed by atoms with Crippen LogP contribution in [0.15, 0.2) is 40.8 Å². The lowest BCUT2D eigenvalue weighted by molar-refractivity contribution is -0.121. The Kier molecular flexibility index (Phi) is 5.00. The number of rotatable bonds is 6. The van der Waals surface area contributed by atoms with Crippen molar-refractivity contribution in [2.75, 3.05) is 0 Å². The van der Waals surface area contributed by atoms with E-state index in [4.69, 9.17) is 4.42 Å². The minimum absolute atomic E-state index is 0.147.